The van der Waals surface area contributed by atoms with Crippen LogP contribution in [0.25, 0.3) is 10.1 Å². The molecule has 1 N–H and O–H groups in total. The van der Waals surface area contributed by atoms with E-state index in [9.17, 15) is 14.7 Å². The van der Waals surface area contributed by atoms with Crippen molar-refractivity contribution in [3.8, 4) is 5.75 Å². The lowest BCUT2D eigenvalue weighted by atomic mass is 10.1. The number of benzene rings is 1. The molecule has 0 unspecified atom stereocenters. The van der Waals surface area contributed by atoms with Crippen molar-refractivity contribution in [3.63, 3.8) is 0 Å². The average Bonchev–Trinajstić information content (AvgIpc) is 2.68. The van der Waals surface area contributed by atoms with Crippen LogP contribution in [0.2, 0.25) is 5.02 Å². The number of thiophene rings is 1. The predicted molar refractivity (Wildman–Crippen MR) is 69.8 cm³/mol. The molecule has 0 aliphatic rings. The van der Waals surface area contributed by atoms with E-state index in [2.05, 4.69) is 0 Å². The maximum Gasteiger partial charge on any atom is 0.349 e. The van der Waals surface area contributed by atoms with Gasteiger partial charge in [-0.15, -0.1) is 11.3 Å². The summed E-state index contributed by atoms with van der Waals surface area (Å²) in [6.07, 6.45) is 0.519. The van der Waals surface area contributed by atoms with Crippen molar-refractivity contribution < 1.29 is 19.4 Å². The van der Waals surface area contributed by atoms with Crippen molar-refractivity contribution in [2.24, 2.45) is 0 Å². The first kappa shape index (κ1) is 12.9. The van der Waals surface area contributed by atoms with E-state index in [0.29, 0.717) is 16.4 Å². The smallest absolute Gasteiger partial charge is 0.349 e. The maximum atomic E-state index is 11.7. The Morgan fingerprint density at radius 3 is 2.89 bits per heavy atom. The minimum Gasteiger partial charge on any atom is -0.507 e. The SMILES string of the molecule is CCOC(=O)c1sc2ccc(O)c(C=O)c2c1Cl. The Balaban J connectivity index is 2.71. The summed E-state index contributed by atoms with van der Waals surface area (Å²) >= 11 is 7.22. The Morgan fingerprint density at radius 2 is 2.28 bits per heavy atom. The van der Waals surface area contributed by atoms with Crippen molar-refractivity contribution in [3.05, 3.63) is 27.6 Å². The molecular formula is C12H9ClO4S. The minimum atomic E-state index is -0.528. The number of carbonyl (C=O) groups is 2. The Labute approximate surface area is 112 Å². The zero-order chi connectivity index (χ0) is 13.3. The van der Waals surface area contributed by atoms with Crippen molar-refractivity contribution in [1.82, 2.24) is 0 Å². The lowest BCUT2D eigenvalue weighted by molar-refractivity contribution is 0.0532. The van der Waals surface area contributed by atoms with Gasteiger partial charge in [0.2, 0.25) is 0 Å². The number of phenols is 1. The largest absolute Gasteiger partial charge is 0.507 e. The molecule has 1 aromatic heterocycles. The maximum absolute atomic E-state index is 11.7. The fourth-order valence-electron chi connectivity index (χ4n) is 1.62. The fraction of sp³-hybridized carbons (Fsp3) is 0.167. The van der Waals surface area contributed by atoms with Gasteiger partial charge in [0.25, 0.3) is 0 Å². The Bertz CT molecular complexity index is 633. The van der Waals surface area contributed by atoms with Crippen molar-refractivity contribution in [2.75, 3.05) is 6.61 Å². The Hall–Kier alpha value is -1.59. The van der Waals surface area contributed by atoms with Gasteiger partial charge in [-0.25, -0.2) is 4.79 Å². The van der Waals surface area contributed by atoms with Gasteiger partial charge in [0.1, 0.15) is 10.6 Å². The third-order valence-corrected chi connectivity index (χ3v) is 4.02. The van der Waals surface area contributed by atoms with E-state index in [4.69, 9.17) is 16.3 Å². The summed E-state index contributed by atoms with van der Waals surface area (Å²) in [5, 5.41) is 10.1. The number of esters is 1. The molecule has 2 rings (SSSR count). The highest BCUT2D eigenvalue weighted by Gasteiger charge is 2.21. The van der Waals surface area contributed by atoms with Crippen LogP contribution in [0.4, 0.5) is 0 Å². The topological polar surface area (TPSA) is 63.6 Å². The lowest BCUT2D eigenvalue weighted by Gasteiger charge is -2.00. The van der Waals surface area contributed by atoms with Crippen molar-refractivity contribution in [2.45, 2.75) is 6.92 Å². The van der Waals surface area contributed by atoms with E-state index in [1.807, 2.05) is 0 Å². The Kier molecular flexibility index (Phi) is 3.54. The molecule has 0 aliphatic heterocycles. The van der Waals surface area contributed by atoms with Gasteiger partial charge in [-0.05, 0) is 19.1 Å². The van der Waals surface area contributed by atoms with Gasteiger partial charge in [-0.3, -0.25) is 4.79 Å². The average molecular weight is 285 g/mol. The normalized spacial score (nSPS) is 10.6. The number of aromatic hydroxyl groups is 1. The monoisotopic (exact) mass is 284 g/mol. The second kappa shape index (κ2) is 4.96. The molecule has 18 heavy (non-hydrogen) atoms. The molecular weight excluding hydrogens is 276 g/mol. The highest BCUT2D eigenvalue weighted by atomic mass is 35.5. The van der Waals surface area contributed by atoms with Gasteiger partial charge in [-0.1, -0.05) is 11.6 Å². The first-order chi connectivity index (χ1) is 8.60. The summed E-state index contributed by atoms with van der Waals surface area (Å²) in [4.78, 5) is 22.9. The number of ether oxygens (including phenoxy) is 1. The van der Waals surface area contributed by atoms with E-state index in [0.717, 1.165) is 11.3 Å². The number of hydrogen-bond donors (Lipinski definition) is 1. The number of fused-ring (bicyclic) bond motifs is 1. The predicted octanol–water partition coefficient (Wildman–Crippen LogP) is 3.25. The summed E-state index contributed by atoms with van der Waals surface area (Å²) in [7, 11) is 0. The zero-order valence-electron chi connectivity index (χ0n) is 9.40. The van der Waals surface area contributed by atoms with Crippen LogP contribution >= 0.6 is 22.9 Å². The lowest BCUT2D eigenvalue weighted by Crippen LogP contribution is -2.02. The highest BCUT2D eigenvalue weighted by Crippen LogP contribution is 2.40. The molecule has 2 aromatic rings. The molecule has 0 radical (unpaired) electrons. The highest BCUT2D eigenvalue weighted by molar-refractivity contribution is 7.21. The van der Waals surface area contributed by atoms with E-state index in [-0.39, 0.29) is 27.8 Å². The molecule has 6 heteroatoms. The van der Waals surface area contributed by atoms with Crippen molar-refractivity contribution >= 4 is 45.3 Å². The molecule has 0 atom stereocenters. The third kappa shape index (κ3) is 1.95. The molecule has 94 valence electrons. The number of aldehydes is 1. The summed E-state index contributed by atoms with van der Waals surface area (Å²) in [5.41, 5.74) is 0.0873. The van der Waals surface area contributed by atoms with E-state index >= 15 is 0 Å². The number of halogens is 1. The standard InChI is InChI=1S/C12H9ClO4S/c1-2-17-12(16)11-10(13)9-6(5-14)7(15)3-4-8(9)18-11/h3-5,15H,2H2,1H3. The van der Waals surface area contributed by atoms with E-state index < -0.39 is 5.97 Å². The minimum absolute atomic E-state index is 0.0873. The summed E-state index contributed by atoms with van der Waals surface area (Å²) < 4.78 is 5.53. The fourth-order valence-corrected chi connectivity index (χ4v) is 3.07. The van der Waals surface area contributed by atoms with Crippen LogP contribution < -0.4 is 0 Å². The molecule has 0 aliphatic carbocycles. The van der Waals surface area contributed by atoms with Crippen LogP contribution in [0, 0.1) is 0 Å². The summed E-state index contributed by atoms with van der Waals surface area (Å²) in [5.74, 6) is -0.687. The van der Waals surface area contributed by atoms with Gasteiger partial charge in [0.15, 0.2) is 6.29 Å². The third-order valence-electron chi connectivity index (χ3n) is 2.39. The molecule has 0 bridgehead atoms. The molecule has 0 fully saturated rings. The van der Waals surface area contributed by atoms with Gasteiger partial charge < -0.3 is 9.84 Å². The molecule has 0 amide bonds. The van der Waals surface area contributed by atoms with Crippen LogP contribution in [0.15, 0.2) is 12.1 Å². The second-order valence-corrected chi connectivity index (χ2v) is 4.89. The van der Waals surface area contributed by atoms with Crippen LogP contribution in [-0.4, -0.2) is 24.0 Å². The van der Waals surface area contributed by atoms with Crippen LogP contribution in [0.5, 0.6) is 5.75 Å². The summed E-state index contributed by atoms with van der Waals surface area (Å²) in [6, 6.07) is 3.00. The zero-order valence-corrected chi connectivity index (χ0v) is 11.0. The van der Waals surface area contributed by atoms with Gasteiger partial charge in [-0.2, -0.15) is 0 Å². The molecule has 1 heterocycles. The number of rotatable bonds is 3. The van der Waals surface area contributed by atoms with Gasteiger partial charge >= 0.3 is 5.97 Å². The number of carbonyl (C=O) groups excluding carboxylic acids is 2. The first-order valence-corrected chi connectivity index (χ1v) is 6.35. The molecule has 4 nitrogen and oxygen atoms in total. The second-order valence-electron chi connectivity index (χ2n) is 3.45. The molecule has 0 saturated heterocycles. The number of hydrogen-bond acceptors (Lipinski definition) is 5. The quantitative estimate of drug-likeness (QED) is 0.694. The first-order valence-electron chi connectivity index (χ1n) is 5.16. The molecule has 1 aromatic carbocycles. The van der Waals surface area contributed by atoms with Crippen molar-refractivity contribution in [1.29, 1.82) is 0 Å². The van der Waals surface area contributed by atoms with Crippen LogP contribution in [0.1, 0.15) is 27.0 Å². The van der Waals surface area contributed by atoms with E-state index in [1.54, 1.807) is 13.0 Å². The van der Waals surface area contributed by atoms with Crippen LogP contribution in [0.3, 0.4) is 0 Å². The van der Waals surface area contributed by atoms with Gasteiger partial charge in [0.05, 0.1) is 17.2 Å². The molecule has 0 spiro atoms. The Morgan fingerprint density at radius 1 is 1.56 bits per heavy atom. The van der Waals surface area contributed by atoms with Gasteiger partial charge in [0, 0.05) is 10.1 Å². The molecule has 0 saturated carbocycles. The number of phenolic OH excluding ortho intramolecular Hbond substituents is 1. The van der Waals surface area contributed by atoms with E-state index in [1.165, 1.54) is 6.07 Å². The van der Waals surface area contributed by atoms with Crippen LogP contribution in [-0.2, 0) is 4.74 Å². The summed E-state index contributed by atoms with van der Waals surface area (Å²) in [6.45, 7) is 1.94.